The van der Waals surface area contributed by atoms with Crippen molar-refractivity contribution in [2.75, 3.05) is 61.4 Å². The maximum atomic E-state index is 12.7. The van der Waals surface area contributed by atoms with Gasteiger partial charge in [0.1, 0.15) is 0 Å². The summed E-state index contributed by atoms with van der Waals surface area (Å²) in [6.07, 6.45) is 7.42. The Morgan fingerprint density at radius 3 is 1.66 bits per heavy atom. The molecule has 0 atom stereocenters. The highest BCUT2D eigenvalue weighted by molar-refractivity contribution is 7.98. The van der Waals surface area contributed by atoms with Crippen molar-refractivity contribution in [1.29, 1.82) is 0 Å². The van der Waals surface area contributed by atoms with E-state index >= 15 is 0 Å². The molecule has 25 heteroatoms. The van der Waals surface area contributed by atoms with Crippen LogP contribution in [0.4, 0.5) is 38.4 Å². The van der Waals surface area contributed by atoms with Gasteiger partial charge in [0.2, 0.25) is 17.5 Å². The topological polar surface area (TPSA) is 288 Å². The fraction of sp³-hybridized carbons (Fsp3) is 0.388. The smallest absolute Gasteiger partial charge is 0.415 e. The van der Waals surface area contributed by atoms with Gasteiger partial charge in [-0.1, -0.05) is 85.2 Å². The Hall–Kier alpha value is -7.82. The molecule has 5 rings (SSSR count). The van der Waals surface area contributed by atoms with Crippen molar-refractivity contribution in [2.24, 2.45) is 0 Å². The van der Waals surface area contributed by atoms with Crippen LogP contribution in [0, 0.1) is 61.0 Å². The van der Waals surface area contributed by atoms with E-state index in [9.17, 15) is 39.4 Å². The van der Waals surface area contributed by atoms with Crippen molar-refractivity contribution in [3.63, 3.8) is 0 Å². The Morgan fingerprint density at radius 2 is 1.27 bits per heavy atom. The number of nitro groups is 2. The Balaban J connectivity index is -0.000000552. The number of carbonyl (C=O) groups is 4. The number of nitrogens with one attached hydrogen (secondary N) is 1. The number of rotatable bonds is 17. The van der Waals surface area contributed by atoms with Crippen molar-refractivity contribution >= 4 is 88.5 Å². The summed E-state index contributed by atoms with van der Waals surface area (Å²) in [4.78, 5) is 86.8. The highest BCUT2D eigenvalue weighted by Crippen LogP contribution is 2.35. The molecule has 3 heterocycles. The Morgan fingerprint density at radius 1 is 0.811 bits per heavy atom. The molecule has 74 heavy (non-hydrogen) atoms. The van der Waals surface area contributed by atoms with Crippen LogP contribution in [-0.4, -0.2) is 99.8 Å². The van der Waals surface area contributed by atoms with E-state index < -0.39 is 39.4 Å². The number of halogens is 1. The Kier molecular flexibility index (Phi) is 28.0. The first-order valence-electron chi connectivity index (χ1n) is 25.1. The van der Waals surface area contributed by atoms with Gasteiger partial charge in [0, 0.05) is 23.5 Å². The first-order chi connectivity index (χ1) is 38.0. The number of ether oxygens (including phenoxy) is 5. The molecule has 0 spiro atoms. The van der Waals surface area contributed by atoms with Gasteiger partial charge in [-0.25, -0.2) is 9.59 Å². The lowest BCUT2D eigenvalue weighted by Crippen LogP contribution is -2.33. The first kappa shape index (κ1) is 58.7. The fourth-order valence-corrected chi connectivity index (χ4v) is 6.82. The molecule has 2 aromatic carbocycles. The second kappa shape index (κ2) is 35.3. The minimum Gasteiger partial charge on any atom is -0.466 e. The lowest BCUT2D eigenvalue weighted by Gasteiger charge is -2.21. The molecular formula is C49H66ClN9O13S2. The second-order valence-corrected chi connectivity index (χ2v) is 15.6. The van der Waals surface area contributed by atoms with Crippen molar-refractivity contribution < 1.29 is 63.0 Å². The van der Waals surface area contributed by atoms with Gasteiger partial charge in [0.15, 0.2) is 15.1 Å². The van der Waals surface area contributed by atoms with E-state index in [1.807, 2.05) is 0 Å². The highest BCUT2D eigenvalue weighted by Gasteiger charge is 2.33. The van der Waals surface area contributed by atoms with Crippen LogP contribution in [0.5, 0.6) is 0 Å². The maximum Gasteiger partial charge on any atom is 0.415 e. The third-order valence-corrected chi connectivity index (χ3v) is 9.89. The zero-order valence-electron chi connectivity index (χ0n) is 46.9. The van der Waals surface area contributed by atoms with Crippen molar-refractivity contribution in [3.05, 3.63) is 101 Å². The van der Waals surface area contributed by atoms with Gasteiger partial charge < -0.3 is 34.4 Å². The fourth-order valence-electron chi connectivity index (χ4n) is 5.97. The third-order valence-electron chi connectivity index (χ3n) is 8.87. The lowest BCUT2D eigenvalue weighted by atomic mass is 10.1. The molecule has 0 saturated carbocycles. The van der Waals surface area contributed by atoms with Gasteiger partial charge in [-0.05, 0) is 112 Å². The minimum atomic E-state index is -0.861. The molecule has 2 aromatic heterocycles. The number of H-pyrrole nitrogens is 1. The number of nitrogen functional groups attached to an aromatic ring is 1. The molecule has 1 fully saturated rings. The summed E-state index contributed by atoms with van der Waals surface area (Å²) in [6.45, 7) is 10.8. The Labute approximate surface area is 454 Å². The minimum absolute atomic E-state index is 0. The van der Waals surface area contributed by atoms with Crippen LogP contribution in [0.15, 0.2) is 53.7 Å². The van der Waals surface area contributed by atoms with Crippen LogP contribution >= 0.6 is 35.6 Å². The number of amides is 2. The summed E-state index contributed by atoms with van der Waals surface area (Å²) in [5.74, 6) is 10.3. The summed E-state index contributed by atoms with van der Waals surface area (Å²) in [5.41, 5.74) is 7.08. The van der Waals surface area contributed by atoms with Gasteiger partial charge >= 0.3 is 35.5 Å². The van der Waals surface area contributed by atoms with E-state index in [0.29, 0.717) is 22.3 Å². The normalized spacial score (nSPS) is 10.8. The number of thioether (sulfide) groups is 1. The van der Waals surface area contributed by atoms with E-state index in [1.165, 1.54) is 12.8 Å². The maximum absolute atomic E-state index is 12.7. The number of terminal acetylenes is 1. The van der Waals surface area contributed by atoms with Crippen LogP contribution in [0.1, 0.15) is 87.5 Å². The number of hydrogen-bond donors (Lipinski definition) is 2. The molecule has 1 aliphatic rings. The molecule has 0 aliphatic carbocycles. The second-order valence-electron chi connectivity index (χ2n) is 14.1. The summed E-state index contributed by atoms with van der Waals surface area (Å²) < 4.78 is 54.8. The third kappa shape index (κ3) is 22.3. The summed E-state index contributed by atoms with van der Waals surface area (Å²) in [6, 6.07) is 13.7. The molecule has 3 N–H and O–H groups in total. The number of aromatic nitrogens is 4. The average molecular weight is 1100 g/mol. The largest absolute Gasteiger partial charge is 0.466 e. The lowest BCUT2D eigenvalue weighted by molar-refractivity contribution is -0.384. The van der Waals surface area contributed by atoms with Crippen molar-refractivity contribution in [2.45, 2.75) is 86.0 Å². The molecule has 404 valence electrons. The molecular weight excluding hydrogens is 1020 g/mol. The van der Waals surface area contributed by atoms with Gasteiger partial charge in [0.05, 0.1) is 62.2 Å². The molecule has 0 radical (unpaired) electrons. The SMILES string of the molecule is C.C#CC#CC#CC.C1CCOC1.CCOC(=O)Cc1cccc(CN(C(=O)OCC)c2nc(=S)[nH]c(Cl)c2[N+](=O)[O-])c1.CCOC(=O)Cc1cccc(CN(C(=O)OCC)c2nc(SC)nc(N)c2[N+](=O)[O-])c1.[2HH].[2H][2H].[2H][2H].[2H][2H]. The van der Waals surface area contributed by atoms with E-state index in [-0.39, 0.29) is 99.7 Å². The average Bonchev–Trinajstić information content (AvgIpc) is 4.03. The molecule has 0 unspecified atom stereocenters. The molecule has 2 amide bonds. The van der Waals surface area contributed by atoms with Gasteiger partial charge in [-0.2, -0.15) is 15.0 Å². The zero-order chi connectivity index (χ0) is 60.3. The van der Waals surface area contributed by atoms with E-state index in [0.717, 1.165) is 34.8 Å². The number of nitrogens with zero attached hydrogens (tertiary/aromatic N) is 7. The van der Waals surface area contributed by atoms with Crippen LogP contribution in [-0.2, 0) is 59.2 Å². The van der Waals surface area contributed by atoms with Gasteiger partial charge in [-0.3, -0.25) is 39.6 Å². The van der Waals surface area contributed by atoms with E-state index in [4.69, 9.17) is 68.6 Å². The number of hydrogen-bond acceptors (Lipinski definition) is 19. The molecule has 22 nitrogen and oxygen atoms in total. The van der Waals surface area contributed by atoms with Crippen LogP contribution < -0.4 is 15.5 Å². The number of carbonyl (C=O) groups excluding carboxylic acids is 4. The predicted molar refractivity (Wildman–Crippen MR) is 291 cm³/mol. The molecule has 4 aromatic rings. The number of aromatic amines is 1. The predicted octanol–water partition coefficient (Wildman–Crippen LogP) is 9.99. The number of nitrogens with two attached hydrogens (primary N) is 1. The van der Waals surface area contributed by atoms with Crippen LogP contribution in [0.2, 0.25) is 5.15 Å². The van der Waals surface area contributed by atoms with Gasteiger partial charge in [0.25, 0.3) is 0 Å². The highest BCUT2D eigenvalue weighted by atomic mass is 35.5. The number of benzene rings is 2. The molecule has 1 saturated heterocycles. The van der Waals surface area contributed by atoms with Crippen LogP contribution in [0.3, 0.4) is 0 Å². The molecule has 0 bridgehead atoms. The Bertz CT molecular complexity index is 2810. The summed E-state index contributed by atoms with van der Waals surface area (Å²) in [7, 11) is 0. The van der Waals surface area contributed by atoms with Crippen molar-refractivity contribution in [3.8, 4) is 36.0 Å². The zero-order valence-corrected chi connectivity index (χ0v) is 43.3. The summed E-state index contributed by atoms with van der Waals surface area (Å²) >= 11 is 12.0. The number of anilines is 3. The van der Waals surface area contributed by atoms with Crippen molar-refractivity contribution in [1.82, 2.24) is 19.9 Å². The first-order valence-corrected chi connectivity index (χ1v) is 24.1. The quantitative estimate of drug-likeness (QED) is 0.0114. The van der Waals surface area contributed by atoms with Crippen LogP contribution in [0.25, 0.3) is 0 Å². The van der Waals surface area contributed by atoms with E-state index in [1.54, 1.807) is 89.4 Å². The standard InChI is InChI=1S/C19H23N5O6S.C18H19ClN4O6S.C7H4.C4H8O.CH4.4H2/c1-4-29-14(25)10-12-7-6-8-13(9-12)11-23(19(26)30-5-2)17-15(24(27)28)16(20)21-18(22-17)31-3;1-3-28-13(24)9-11-6-5-7-12(8-11)10-22(18(25)29-4-2)16-14(23(26)27)15(19)20-17(30)21-16;1-3-5-7-6-4-2;1-2-4-5-3-1;;;;;/h6-9H,4-5,10-11H2,1-3H3,(H2,20,21,22);5-8H,3-4,9-10H2,1-2H3,(H,20,21,30);1H,2H3;1-4H2;1H4;4*1H/i;;;;;3*1+1D;1+1. The van der Waals surface area contributed by atoms with E-state index in [2.05, 4.69) is 49.5 Å². The molecule has 1 aliphatic heterocycles. The monoisotopic (exact) mass is 1090 g/mol. The van der Waals surface area contributed by atoms with Gasteiger partial charge in [-0.15, -0.1) is 6.42 Å². The summed E-state index contributed by atoms with van der Waals surface area (Å²) in [5, 5.41) is 23.0. The number of esters is 2.